The van der Waals surface area contributed by atoms with E-state index in [0.717, 1.165) is 11.6 Å². The second-order valence-electron chi connectivity index (χ2n) is 6.05. The third-order valence-corrected chi connectivity index (χ3v) is 4.09. The van der Waals surface area contributed by atoms with E-state index in [2.05, 4.69) is 30.4 Å². The van der Waals surface area contributed by atoms with Crippen molar-refractivity contribution < 1.29 is 23.5 Å². The molecule has 0 atom stereocenters. The van der Waals surface area contributed by atoms with Crippen LogP contribution in [0.25, 0.3) is 0 Å². The molecule has 1 rings (SSSR count). The van der Waals surface area contributed by atoms with E-state index in [9.17, 15) is 14.0 Å². The van der Waals surface area contributed by atoms with E-state index < -0.39 is 18.3 Å². The van der Waals surface area contributed by atoms with Crippen LogP contribution in [0.4, 0.5) is 4.39 Å². The van der Waals surface area contributed by atoms with Crippen LogP contribution in [0.2, 0.25) is 5.02 Å². The number of carbonyl (C=O) groups is 2. The zero-order valence-electron chi connectivity index (χ0n) is 16.5. The van der Waals surface area contributed by atoms with E-state index in [0.29, 0.717) is 23.0 Å². The van der Waals surface area contributed by atoms with Gasteiger partial charge >= 0.3 is 0 Å². The van der Waals surface area contributed by atoms with Gasteiger partial charge in [0.2, 0.25) is 5.91 Å². The SMILES string of the molecule is C=C(CCC(=O)NCc1ccc(OC)c(Cl)c1)NC(=O)COC(=C)/C=C(/F)C(=C)Cl. The molecule has 9 heteroatoms. The number of methoxy groups -OCH3 is 1. The van der Waals surface area contributed by atoms with E-state index in [-0.39, 0.29) is 29.5 Å². The quantitative estimate of drug-likeness (QED) is 0.358. The zero-order chi connectivity index (χ0) is 22.7. The van der Waals surface area contributed by atoms with Gasteiger partial charge in [0.05, 0.1) is 17.2 Å². The Hall–Kier alpha value is -2.77. The van der Waals surface area contributed by atoms with Gasteiger partial charge in [-0.1, -0.05) is 49.0 Å². The minimum atomic E-state index is -0.811. The minimum Gasteiger partial charge on any atom is -0.495 e. The summed E-state index contributed by atoms with van der Waals surface area (Å²) in [5.41, 5.74) is 1.16. The molecule has 0 saturated carbocycles. The number of carbonyl (C=O) groups excluding carboxylic acids is 2. The minimum absolute atomic E-state index is 0.0897. The molecule has 0 aliphatic heterocycles. The highest BCUT2D eigenvalue weighted by molar-refractivity contribution is 6.32. The molecule has 0 bridgehead atoms. The Morgan fingerprint density at radius 2 is 1.90 bits per heavy atom. The van der Waals surface area contributed by atoms with Crippen molar-refractivity contribution in [3.63, 3.8) is 0 Å². The molecule has 162 valence electrons. The lowest BCUT2D eigenvalue weighted by atomic mass is 10.2. The summed E-state index contributed by atoms with van der Waals surface area (Å²) in [6, 6.07) is 5.22. The standard InChI is InChI=1S/C21H23Cl2FN2O4/c1-13(26-21(28)12-30-14(2)9-18(24)15(3)22)5-8-20(27)25-11-16-6-7-19(29-4)17(23)10-16/h6-7,9-10H,1-3,5,8,11-12H2,4H3,(H,25,27)(H,26,28)/b18-9+. The van der Waals surface area contributed by atoms with Gasteiger partial charge in [-0.15, -0.1) is 0 Å². The lowest BCUT2D eigenvalue weighted by Gasteiger charge is -2.10. The summed E-state index contributed by atoms with van der Waals surface area (Å²) >= 11 is 11.4. The third kappa shape index (κ3) is 9.62. The molecule has 2 amide bonds. The fraction of sp³-hybridized carbons (Fsp3) is 0.238. The molecule has 0 aliphatic carbocycles. The van der Waals surface area contributed by atoms with Crippen molar-refractivity contribution in [3.05, 3.63) is 76.9 Å². The molecule has 1 aromatic rings. The molecule has 0 heterocycles. The fourth-order valence-electron chi connectivity index (χ4n) is 2.09. The first-order valence-electron chi connectivity index (χ1n) is 8.72. The summed E-state index contributed by atoms with van der Waals surface area (Å²) in [7, 11) is 1.52. The summed E-state index contributed by atoms with van der Waals surface area (Å²) in [5, 5.41) is 5.40. The van der Waals surface area contributed by atoms with E-state index in [1.54, 1.807) is 18.2 Å². The molecule has 0 aliphatic rings. The van der Waals surface area contributed by atoms with Gasteiger partial charge in [-0.3, -0.25) is 9.59 Å². The molecule has 0 spiro atoms. The number of halogens is 3. The molecular formula is C21H23Cl2FN2O4. The zero-order valence-corrected chi connectivity index (χ0v) is 18.0. The number of allylic oxidation sites excluding steroid dienone is 4. The van der Waals surface area contributed by atoms with E-state index >= 15 is 0 Å². The van der Waals surface area contributed by atoms with Crippen LogP contribution in [-0.2, 0) is 20.9 Å². The van der Waals surface area contributed by atoms with Crippen LogP contribution in [-0.4, -0.2) is 25.5 Å². The molecule has 1 aromatic carbocycles. The van der Waals surface area contributed by atoms with E-state index in [1.165, 1.54) is 7.11 Å². The average Bonchev–Trinajstić information content (AvgIpc) is 2.69. The van der Waals surface area contributed by atoms with Gasteiger partial charge in [-0.2, -0.15) is 0 Å². The van der Waals surface area contributed by atoms with E-state index in [4.69, 9.17) is 32.7 Å². The van der Waals surface area contributed by atoms with Crippen molar-refractivity contribution in [1.29, 1.82) is 0 Å². The number of nitrogens with one attached hydrogen (secondary N) is 2. The van der Waals surface area contributed by atoms with Crippen molar-refractivity contribution in [3.8, 4) is 5.75 Å². The van der Waals surface area contributed by atoms with Gasteiger partial charge in [0, 0.05) is 24.7 Å². The maximum Gasteiger partial charge on any atom is 0.262 e. The number of benzene rings is 1. The highest BCUT2D eigenvalue weighted by Crippen LogP contribution is 2.24. The van der Waals surface area contributed by atoms with Gasteiger partial charge in [-0.25, -0.2) is 4.39 Å². The number of hydrogen-bond donors (Lipinski definition) is 2. The maximum atomic E-state index is 13.2. The lowest BCUT2D eigenvalue weighted by molar-refractivity contribution is -0.124. The Morgan fingerprint density at radius 3 is 2.50 bits per heavy atom. The fourth-order valence-corrected chi connectivity index (χ4v) is 2.42. The van der Waals surface area contributed by atoms with Crippen LogP contribution in [0.15, 0.2) is 66.3 Å². The highest BCUT2D eigenvalue weighted by Gasteiger charge is 2.09. The van der Waals surface area contributed by atoms with Crippen LogP contribution in [0.3, 0.4) is 0 Å². The Labute approximate surface area is 185 Å². The highest BCUT2D eigenvalue weighted by atomic mass is 35.5. The molecular weight excluding hydrogens is 434 g/mol. The smallest absolute Gasteiger partial charge is 0.262 e. The molecule has 2 N–H and O–H groups in total. The van der Waals surface area contributed by atoms with Crippen molar-refractivity contribution in [2.75, 3.05) is 13.7 Å². The van der Waals surface area contributed by atoms with Crippen LogP contribution < -0.4 is 15.4 Å². The first kappa shape index (κ1) is 25.3. The topological polar surface area (TPSA) is 76.7 Å². The van der Waals surface area contributed by atoms with Crippen molar-refractivity contribution in [2.45, 2.75) is 19.4 Å². The largest absolute Gasteiger partial charge is 0.495 e. The van der Waals surface area contributed by atoms with Gasteiger partial charge in [0.1, 0.15) is 17.3 Å². The second-order valence-corrected chi connectivity index (χ2v) is 6.91. The van der Waals surface area contributed by atoms with Crippen LogP contribution >= 0.6 is 23.2 Å². The van der Waals surface area contributed by atoms with Crippen LogP contribution in [0.5, 0.6) is 5.75 Å². The third-order valence-electron chi connectivity index (χ3n) is 3.61. The first-order valence-corrected chi connectivity index (χ1v) is 9.48. The maximum absolute atomic E-state index is 13.2. The van der Waals surface area contributed by atoms with Crippen LogP contribution in [0.1, 0.15) is 18.4 Å². The predicted octanol–water partition coefficient (Wildman–Crippen LogP) is 4.51. The number of hydrogen-bond acceptors (Lipinski definition) is 4. The number of rotatable bonds is 12. The Kier molecular flexibility index (Phi) is 10.7. The molecule has 0 aromatic heterocycles. The van der Waals surface area contributed by atoms with Crippen molar-refractivity contribution >= 4 is 35.0 Å². The van der Waals surface area contributed by atoms with E-state index in [1.807, 2.05) is 0 Å². The van der Waals surface area contributed by atoms with Crippen molar-refractivity contribution in [2.24, 2.45) is 0 Å². The summed E-state index contributed by atoms with van der Waals surface area (Å²) in [6.07, 6.45) is 1.28. The molecule has 6 nitrogen and oxygen atoms in total. The molecule has 0 saturated heterocycles. The molecule has 30 heavy (non-hydrogen) atoms. The normalized spacial score (nSPS) is 10.7. The molecule has 0 unspecified atom stereocenters. The molecule has 0 radical (unpaired) electrons. The van der Waals surface area contributed by atoms with Crippen molar-refractivity contribution in [1.82, 2.24) is 10.6 Å². The number of ether oxygens (including phenoxy) is 2. The monoisotopic (exact) mass is 456 g/mol. The Balaban J connectivity index is 2.31. The predicted molar refractivity (Wildman–Crippen MR) is 116 cm³/mol. The lowest BCUT2D eigenvalue weighted by Crippen LogP contribution is -2.28. The summed E-state index contributed by atoms with van der Waals surface area (Å²) in [5.74, 6) is -1.09. The van der Waals surface area contributed by atoms with Gasteiger partial charge < -0.3 is 20.1 Å². The summed E-state index contributed by atoms with van der Waals surface area (Å²) in [6.45, 7) is 10.2. The molecule has 0 fully saturated rings. The van der Waals surface area contributed by atoms with Gasteiger partial charge in [-0.05, 0) is 24.1 Å². The number of amides is 2. The first-order chi connectivity index (χ1) is 14.1. The summed E-state index contributed by atoms with van der Waals surface area (Å²) in [4.78, 5) is 23.8. The van der Waals surface area contributed by atoms with Crippen LogP contribution in [0, 0.1) is 0 Å². The average molecular weight is 457 g/mol. The Bertz CT molecular complexity index is 869. The van der Waals surface area contributed by atoms with Gasteiger partial charge in [0.15, 0.2) is 6.61 Å². The second kappa shape index (κ2) is 12.7. The Morgan fingerprint density at radius 1 is 1.20 bits per heavy atom. The van der Waals surface area contributed by atoms with Gasteiger partial charge in [0.25, 0.3) is 5.91 Å². The summed E-state index contributed by atoms with van der Waals surface area (Å²) < 4.78 is 23.3.